The van der Waals surface area contributed by atoms with Crippen molar-refractivity contribution in [3.63, 3.8) is 0 Å². The van der Waals surface area contributed by atoms with Crippen LogP contribution in [0.1, 0.15) is 34.2 Å². The van der Waals surface area contributed by atoms with Crippen molar-refractivity contribution in [1.29, 1.82) is 0 Å². The molecule has 5 aromatic carbocycles. The second kappa shape index (κ2) is 13.5. The quantitative estimate of drug-likeness (QED) is 0.178. The van der Waals surface area contributed by atoms with E-state index in [1.54, 1.807) is 24.3 Å². The monoisotopic (exact) mass is 588 g/mol. The maximum Gasteiger partial charge on any atom is 1.00 e. The first-order valence-corrected chi connectivity index (χ1v) is 15.3. The molecule has 0 aromatic heterocycles. The molecule has 0 amide bonds. The van der Waals surface area contributed by atoms with E-state index < -0.39 is 10.0 Å². The van der Waals surface area contributed by atoms with E-state index in [0.717, 1.165) is 50.1 Å². The summed E-state index contributed by atoms with van der Waals surface area (Å²) in [6.45, 7) is 1.92. The topological polar surface area (TPSA) is 60.6 Å². The van der Waals surface area contributed by atoms with E-state index in [-0.39, 0.29) is 34.5 Å². The van der Waals surface area contributed by atoms with Crippen molar-refractivity contribution in [2.45, 2.75) is 18.2 Å². The maximum atomic E-state index is 13.2. The summed E-state index contributed by atoms with van der Waals surface area (Å²) in [5.41, 5.74) is 9.89. The second-order valence-corrected chi connectivity index (χ2v) is 11.7. The second-order valence-electron chi connectivity index (χ2n) is 10.2. The van der Waals surface area contributed by atoms with Crippen LogP contribution in [0.3, 0.4) is 0 Å². The molecule has 4 nitrogen and oxygen atoms in total. The van der Waals surface area contributed by atoms with Crippen LogP contribution in [0.4, 0.5) is 0 Å². The van der Waals surface area contributed by atoms with E-state index in [1.807, 2.05) is 79.7 Å². The van der Waals surface area contributed by atoms with Crippen LogP contribution >= 0.6 is 0 Å². The molecule has 43 heavy (non-hydrogen) atoms. The van der Waals surface area contributed by atoms with Gasteiger partial charge in [-0.1, -0.05) is 139 Å². The molecule has 1 aliphatic carbocycles. The van der Waals surface area contributed by atoms with Crippen molar-refractivity contribution in [3.05, 3.63) is 189 Å². The Hall–Kier alpha value is -4.00. The fourth-order valence-corrected chi connectivity index (χ4v) is 6.04. The van der Waals surface area contributed by atoms with Crippen LogP contribution in [-0.4, -0.2) is 14.1 Å². The van der Waals surface area contributed by atoms with E-state index in [0.29, 0.717) is 12.1 Å². The van der Waals surface area contributed by atoms with Crippen LogP contribution in [0, 0.1) is 6.92 Å². The first kappa shape index (κ1) is 30.5. The van der Waals surface area contributed by atoms with Gasteiger partial charge < -0.3 is 9.93 Å². The van der Waals surface area contributed by atoms with Crippen molar-refractivity contribution in [1.82, 2.24) is 0 Å². The summed E-state index contributed by atoms with van der Waals surface area (Å²) >= 11 is 0. The summed E-state index contributed by atoms with van der Waals surface area (Å²) in [6, 6.07) is 47.6. The zero-order valence-electron chi connectivity index (χ0n) is 24.2. The third-order valence-electron chi connectivity index (χ3n) is 7.32. The van der Waals surface area contributed by atoms with Gasteiger partial charge in [0, 0.05) is 17.7 Å². The average Bonchev–Trinajstić information content (AvgIpc) is 3.03. The summed E-state index contributed by atoms with van der Waals surface area (Å²) in [7, 11) is -3.97. The minimum atomic E-state index is -3.97. The van der Waals surface area contributed by atoms with Gasteiger partial charge in [-0.2, -0.15) is 0 Å². The largest absolute Gasteiger partial charge is 1.00 e. The van der Waals surface area contributed by atoms with Crippen LogP contribution in [0.5, 0.6) is 0 Å². The van der Waals surface area contributed by atoms with Crippen molar-refractivity contribution >= 4 is 26.9 Å². The van der Waals surface area contributed by atoms with Gasteiger partial charge in [-0.15, -0.1) is 0 Å². The van der Waals surface area contributed by atoms with Gasteiger partial charge in [0.2, 0.25) is 0 Å². The Morgan fingerprint density at radius 3 is 1.40 bits per heavy atom. The van der Waals surface area contributed by atoms with Crippen LogP contribution in [0.2, 0.25) is 0 Å². The van der Waals surface area contributed by atoms with Crippen molar-refractivity contribution < 1.29 is 38.0 Å². The fraction of sp³-hybridized carbons (Fsp3) is 0.0541. The molecule has 0 heterocycles. The third kappa shape index (κ3) is 6.66. The molecule has 1 saturated carbocycles. The molecule has 1 aliphatic rings. The van der Waals surface area contributed by atoms with Gasteiger partial charge in [0.1, 0.15) is 10.0 Å². The molecule has 0 spiro atoms. The number of nitrogens with zero attached hydrogens (tertiary/aromatic N) is 2. The molecule has 0 radical (unpaired) electrons. The van der Waals surface area contributed by atoms with Crippen molar-refractivity contribution in [2.24, 2.45) is 5.10 Å². The predicted molar refractivity (Wildman–Crippen MR) is 172 cm³/mol. The number of aryl methyl sites for hydroxylation is 1. The molecule has 6 heteroatoms. The van der Waals surface area contributed by atoms with Gasteiger partial charge in [-0.25, -0.2) is 8.42 Å². The molecular formula is C37H29N2NaO2S. The van der Waals surface area contributed by atoms with Gasteiger partial charge in [0.05, 0.1) is 4.90 Å². The smallest absolute Gasteiger partial charge is 0.490 e. The van der Waals surface area contributed by atoms with E-state index in [9.17, 15) is 8.42 Å². The Morgan fingerprint density at radius 2 is 0.977 bits per heavy atom. The zero-order valence-corrected chi connectivity index (χ0v) is 27.0. The number of allylic oxidation sites excluding steroid dienone is 2. The minimum absolute atomic E-state index is 0. The van der Waals surface area contributed by atoms with E-state index >= 15 is 0 Å². The molecule has 6 rings (SSSR count). The van der Waals surface area contributed by atoms with E-state index in [4.69, 9.17) is 0 Å². The van der Waals surface area contributed by atoms with Crippen LogP contribution in [-0.2, 0) is 10.0 Å². The SMILES string of the molecule is Cc1ccc(S(=O)(=O)[N-]/N=C2\CC(=C(c3ccccc3)c3ccccc3)C2=C(c2ccccc2)c2ccccc2)cc1.[Na+]. The average molecular weight is 589 g/mol. The molecule has 206 valence electrons. The summed E-state index contributed by atoms with van der Waals surface area (Å²) in [4.78, 5) is 4.06. The molecule has 0 atom stereocenters. The Balaban J connectivity index is 0.00000368. The molecule has 5 aromatic rings. The summed E-state index contributed by atoms with van der Waals surface area (Å²) in [6.07, 6.45) is 0.477. The third-order valence-corrected chi connectivity index (χ3v) is 8.49. The predicted octanol–water partition coefficient (Wildman–Crippen LogP) is 5.83. The number of hydrogen-bond acceptors (Lipinski definition) is 3. The Morgan fingerprint density at radius 1 is 0.581 bits per heavy atom. The van der Waals surface area contributed by atoms with Crippen LogP contribution < -0.4 is 29.6 Å². The summed E-state index contributed by atoms with van der Waals surface area (Å²) in [5.74, 6) is 0. The number of hydrogen-bond donors (Lipinski definition) is 0. The fourth-order valence-electron chi connectivity index (χ4n) is 5.26. The first-order valence-electron chi connectivity index (χ1n) is 13.8. The molecule has 0 N–H and O–H groups in total. The molecule has 0 aliphatic heterocycles. The van der Waals surface area contributed by atoms with Gasteiger partial charge in [0.25, 0.3) is 0 Å². The minimum Gasteiger partial charge on any atom is -0.490 e. The standard InChI is InChI=1S/C37H29N2O2S.Na/c1-27-22-24-32(25-23-27)42(40,41)39-38-34-26-33(35(28-14-6-2-7-15-28)29-16-8-3-9-17-29)37(34)36(30-18-10-4-11-19-30)31-20-12-5-13-21-31;/h2-25H,26H2,1H3;/q-1;+1/b38-34+;. The van der Waals surface area contributed by atoms with Gasteiger partial charge >= 0.3 is 29.6 Å². The summed E-state index contributed by atoms with van der Waals surface area (Å²) < 4.78 is 26.3. The maximum absolute atomic E-state index is 13.2. The van der Waals surface area contributed by atoms with Gasteiger partial charge in [-0.05, 0) is 58.0 Å². The number of rotatable bonds is 7. The van der Waals surface area contributed by atoms with Crippen molar-refractivity contribution in [2.75, 3.05) is 0 Å². The number of benzene rings is 5. The Labute approximate surface area is 275 Å². The molecule has 0 unspecified atom stereocenters. The first-order chi connectivity index (χ1) is 20.5. The normalized spacial score (nSPS) is 13.6. The van der Waals surface area contributed by atoms with E-state index in [1.165, 1.54) is 0 Å². The zero-order chi connectivity index (χ0) is 28.9. The molecular weight excluding hydrogens is 559 g/mol. The Kier molecular flexibility index (Phi) is 9.59. The molecule has 0 saturated heterocycles. The van der Waals surface area contributed by atoms with Gasteiger partial charge in [-0.3, -0.25) is 0 Å². The molecule has 0 bridgehead atoms. The van der Waals surface area contributed by atoms with Crippen LogP contribution in [0.25, 0.3) is 16.0 Å². The molecule has 1 fully saturated rings. The van der Waals surface area contributed by atoms with Gasteiger partial charge in [0.15, 0.2) is 0 Å². The summed E-state index contributed by atoms with van der Waals surface area (Å²) in [5, 5.41) is 4.43. The van der Waals surface area contributed by atoms with Crippen molar-refractivity contribution in [3.8, 4) is 0 Å². The number of sulfonamides is 1. The van der Waals surface area contributed by atoms with Crippen LogP contribution in [0.15, 0.2) is 167 Å². The van der Waals surface area contributed by atoms with E-state index in [2.05, 4.69) is 58.5 Å². The Bertz CT molecular complexity index is 1820.